The van der Waals surface area contributed by atoms with Crippen LogP contribution in [0.15, 0.2) is 29.4 Å². The van der Waals surface area contributed by atoms with Crippen molar-refractivity contribution in [3.8, 4) is 0 Å². The molecule has 0 N–H and O–H groups in total. The lowest BCUT2D eigenvalue weighted by atomic mass is 10.1. The van der Waals surface area contributed by atoms with Crippen LogP contribution >= 0.6 is 11.8 Å². The van der Waals surface area contributed by atoms with E-state index in [9.17, 15) is 9.59 Å². The van der Waals surface area contributed by atoms with Crippen LogP contribution in [0, 0.1) is 20.8 Å². The quantitative estimate of drug-likeness (QED) is 0.362. The van der Waals surface area contributed by atoms with Crippen LogP contribution in [0.5, 0.6) is 0 Å². The predicted octanol–water partition coefficient (Wildman–Crippen LogP) is 3.18. The van der Waals surface area contributed by atoms with Crippen LogP contribution in [-0.4, -0.2) is 39.0 Å². The van der Waals surface area contributed by atoms with Crippen molar-refractivity contribution in [3.63, 3.8) is 0 Å². The van der Waals surface area contributed by atoms with Gasteiger partial charge in [-0.2, -0.15) is 0 Å². The number of hydrogen-bond donors (Lipinski definition) is 0. The number of carbonyl (C=O) groups excluding carboxylic acids is 2. The molecule has 0 fully saturated rings. The van der Waals surface area contributed by atoms with Crippen molar-refractivity contribution in [1.82, 2.24) is 14.9 Å². The highest BCUT2D eigenvalue weighted by atomic mass is 32.2. The Balaban J connectivity index is 1.57. The molecule has 1 aromatic heterocycles. The lowest BCUT2D eigenvalue weighted by Crippen LogP contribution is -2.31. The van der Waals surface area contributed by atoms with E-state index in [1.165, 1.54) is 4.90 Å². The van der Waals surface area contributed by atoms with Crippen LogP contribution in [0.25, 0.3) is 0 Å². The first-order valence-corrected chi connectivity index (χ1v) is 8.87. The topological polar surface area (TPSA) is 63.2 Å². The number of imide groups is 1. The summed E-state index contributed by atoms with van der Waals surface area (Å²) in [6.45, 7) is 6.39. The molecule has 0 bridgehead atoms. The molecule has 6 heteroatoms. The summed E-state index contributed by atoms with van der Waals surface area (Å²) in [7, 11) is 0. The fourth-order valence-corrected chi connectivity index (χ4v) is 3.49. The second-order valence-electron chi connectivity index (χ2n) is 5.81. The van der Waals surface area contributed by atoms with Crippen molar-refractivity contribution < 1.29 is 9.59 Å². The van der Waals surface area contributed by atoms with Gasteiger partial charge in [0.15, 0.2) is 5.16 Å². The maximum absolute atomic E-state index is 12.3. The van der Waals surface area contributed by atoms with E-state index in [4.69, 9.17) is 0 Å². The van der Waals surface area contributed by atoms with Crippen molar-refractivity contribution in [3.05, 3.63) is 52.3 Å². The molecule has 0 aliphatic carbocycles. The summed E-state index contributed by atoms with van der Waals surface area (Å²) in [5.74, 6) is 0.368. The highest BCUT2D eigenvalue weighted by Gasteiger charge is 2.34. The highest BCUT2D eigenvalue weighted by Crippen LogP contribution is 2.23. The van der Waals surface area contributed by atoms with E-state index < -0.39 is 0 Å². The van der Waals surface area contributed by atoms with Crippen molar-refractivity contribution in [2.75, 3.05) is 12.3 Å². The zero-order chi connectivity index (χ0) is 17.3. The van der Waals surface area contributed by atoms with Gasteiger partial charge in [0.2, 0.25) is 0 Å². The number of benzene rings is 1. The van der Waals surface area contributed by atoms with Crippen molar-refractivity contribution in [1.29, 1.82) is 0 Å². The number of aromatic nitrogens is 2. The van der Waals surface area contributed by atoms with Crippen LogP contribution in [-0.2, 0) is 0 Å². The molecule has 24 heavy (non-hydrogen) atoms. The molecule has 0 radical (unpaired) electrons. The third-order valence-corrected chi connectivity index (χ3v) is 5.18. The number of rotatable bonds is 5. The van der Waals surface area contributed by atoms with Gasteiger partial charge in [-0.25, -0.2) is 9.97 Å². The molecule has 1 aliphatic heterocycles. The Kier molecular flexibility index (Phi) is 4.66. The Labute approximate surface area is 145 Å². The molecule has 0 unspecified atom stereocenters. The standard InChI is InChI=1S/C18H19N3O2S/c1-11-12(2)19-18(20-13(11)3)24-10-6-9-21-16(22)14-7-4-5-8-15(14)17(21)23/h4-5,7-8H,6,9-10H2,1-3H3. The minimum absolute atomic E-state index is 0.195. The van der Waals surface area contributed by atoms with Crippen LogP contribution in [0.4, 0.5) is 0 Å². The molecule has 5 nitrogen and oxygen atoms in total. The molecule has 124 valence electrons. The SMILES string of the molecule is Cc1nc(SCCCN2C(=O)c3ccccc3C2=O)nc(C)c1C. The fourth-order valence-electron chi connectivity index (χ4n) is 2.63. The number of fused-ring (bicyclic) bond motifs is 1. The second-order valence-corrected chi connectivity index (χ2v) is 6.87. The largest absolute Gasteiger partial charge is 0.274 e. The number of aryl methyl sites for hydroxylation is 2. The molecule has 1 aliphatic rings. The first kappa shape index (κ1) is 16.6. The molecular weight excluding hydrogens is 322 g/mol. The fraction of sp³-hybridized carbons (Fsp3) is 0.333. The van der Waals surface area contributed by atoms with Gasteiger partial charge in [0.1, 0.15) is 0 Å². The molecule has 0 atom stereocenters. The van der Waals surface area contributed by atoms with E-state index in [0.717, 1.165) is 27.9 Å². The Morgan fingerprint density at radius 1 is 0.958 bits per heavy atom. The molecule has 0 saturated carbocycles. The second kappa shape index (κ2) is 6.73. The van der Waals surface area contributed by atoms with E-state index in [1.54, 1.807) is 36.0 Å². The summed E-state index contributed by atoms with van der Waals surface area (Å²) in [5.41, 5.74) is 4.10. The molecule has 0 saturated heterocycles. The van der Waals surface area contributed by atoms with Gasteiger partial charge in [0.25, 0.3) is 11.8 Å². The first-order valence-electron chi connectivity index (χ1n) is 7.89. The number of thioether (sulfide) groups is 1. The van der Waals surface area contributed by atoms with E-state index >= 15 is 0 Å². The molecule has 0 spiro atoms. The lowest BCUT2D eigenvalue weighted by Gasteiger charge is -2.13. The van der Waals surface area contributed by atoms with Gasteiger partial charge in [-0.05, 0) is 44.9 Å². The molecule has 2 aromatic rings. The Morgan fingerprint density at radius 2 is 1.50 bits per heavy atom. The summed E-state index contributed by atoms with van der Waals surface area (Å²) in [6, 6.07) is 6.97. The van der Waals surface area contributed by atoms with Gasteiger partial charge < -0.3 is 0 Å². The van der Waals surface area contributed by atoms with Gasteiger partial charge in [-0.15, -0.1) is 0 Å². The van der Waals surface area contributed by atoms with E-state index in [1.807, 2.05) is 20.8 Å². The summed E-state index contributed by atoms with van der Waals surface area (Å²) < 4.78 is 0. The molecule has 2 amide bonds. The van der Waals surface area contributed by atoms with Gasteiger partial charge in [-0.3, -0.25) is 14.5 Å². The molecule has 3 rings (SSSR count). The average molecular weight is 341 g/mol. The molecule has 2 heterocycles. The Bertz CT molecular complexity index is 762. The lowest BCUT2D eigenvalue weighted by molar-refractivity contribution is 0.0655. The third-order valence-electron chi connectivity index (χ3n) is 4.25. The smallest absolute Gasteiger partial charge is 0.261 e. The van der Waals surface area contributed by atoms with Crippen molar-refractivity contribution in [2.24, 2.45) is 0 Å². The van der Waals surface area contributed by atoms with Crippen LogP contribution in [0.2, 0.25) is 0 Å². The van der Waals surface area contributed by atoms with Crippen LogP contribution in [0.1, 0.15) is 44.1 Å². The van der Waals surface area contributed by atoms with E-state index in [-0.39, 0.29) is 11.8 Å². The minimum atomic E-state index is -0.195. The molecular formula is C18H19N3O2S. The monoisotopic (exact) mass is 341 g/mol. The van der Waals surface area contributed by atoms with E-state index in [2.05, 4.69) is 9.97 Å². The minimum Gasteiger partial charge on any atom is -0.274 e. The zero-order valence-corrected chi connectivity index (χ0v) is 14.8. The summed E-state index contributed by atoms with van der Waals surface area (Å²) >= 11 is 1.56. The maximum atomic E-state index is 12.3. The number of carbonyl (C=O) groups is 2. The van der Waals surface area contributed by atoms with Gasteiger partial charge in [0.05, 0.1) is 11.1 Å². The average Bonchev–Trinajstić information content (AvgIpc) is 2.81. The Morgan fingerprint density at radius 3 is 2.04 bits per heavy atom. The first-order chi connectivity index (χ1) is 11.5. The molecule has 1 aromatic carbocycles. The predicted molar refractivity (Wildman–Crippen MR) is 93.4 cm³/mol. The van der Waals surface area contributed by atoms with E-state index in [0.29, 0.717) is 24.1 Å². The van der Waals surface area contributed by atoms with Crippen LogP contribution < -0.4 is 0 Å². The highest BCUT2D eigenvalue weighted by molar-refractivity contribution is 7.99. The van der Waals surface area contributed by atoms with Gasteiger partial charge >= 0.3 is 0 Å². The summed E-state index contributed by atoms with van der Waals surface area (Å²) in [4.78, 5) is 34.8. The van der Waals surface area contributed by atoms with Gasteiger partial charge in [-0.1, -0.05) is 23.9 Å². The van der Waals surface area contributed by atoms with Gasteiger partial charge in [0, 0.05) is 23.7 Å². The van der Waals surface area contributed by atoms with Crippen molar-refractivity contribution in [2.45, 2.75) is 32.3 Å². The number of nitrogens with zero attached hydrogens (tertiary/aromatic N) is 3. The maximum Gasteiger partial charge on any atom is 0.261 e. The number of amides is 2. The third kappa shape index (κ3) is 3.06. The normalized spacial score (nSPS) is 13.5. The van der Waals surface area contributed by atoms with Crippen LogP contribution in [0.3, 0.4) is 0 Å². The summed E-state index contributed by atoms with van der Waals surface area (Å²) in [5, 5.41) is 0.748. The summed E-state index contributed by atoms with van der Waals surface area (Å²) in [6.07, 6.45) is 0.714. The number of hydrogen-bond acceptors (Lipinski definition) is 5. The zero-order valence-electron chi connectivity index (χ0n) is 14.0. The van der Waals surface area contributed by atoms with Crippen molar-refractivity contribution >= 4 is 23.6 Å². The Hall–Kier alpha value is -2.21.